The van der Waals surface area contributed by atoms with Crippen molar-refractivity contribution in [3.63, 3.8) is 0 Å². The van der Waals surface area contributed by atoms with Crippen LogP contribution in [0.4, 0.5) is 4.79 Å². The van der Waals surface area contributed by atoms with E-state index in [4.69, 9.17) is 5.73 Å². The van der Waals surface area contributed by atoms with Crippen LogP contribution in [0.3, 0.4) is 0 Å². The van der Waals surface area contributed by atoms with Gasteiger partial charge in [-0.05, 0) is 25.8 Å². The van der Waals surface area contributed by atoms with Crippen LogP contribution in [-0.2, 0) is 4.79 Å². The molecule has 4 N–H and O–H groups in total. The summed E-state index contributed by atoms with van der Waals surface area (Å²) in [5, 5.41) is 5.40. The van der Waals surface area contributed by atoms with Gasteiger partial charge >= 0.3 is 6.03 Å². The molecule has 1 heterocycles. The lowest BCUT2D eigenvalue weighted by Gasteiger charge is -2.35. The van der Waals surface area contributed by atoms with Gasteiger partial charge in [-0.1, -0.05) is 13.3 Å². The number of rotatable bonds is 3. The molecule has 0 spiro atoms. The van der Waals surface area contributed by atoms with E-state index in [9.17, 15) is 9.59 Å². The van der Waals surface area contributed by atoms with Crippen LogP contribution in [0.15, 0.2) is 0 Å². The number of hydrogen-bond donors (Lipinski definition) is 3. The van der Waals surface area contributed by atoms with E-state index < -0.39 is 11.4 Å². The number of imide groups is 1. The minimum Gasteiger partial charge on any atom is -0.351 e. The van der Waals surface area contributed by atoms with Gasteiger partial charge in [-0.3, -0.25) is 10.1 Å². The Bertz CT molecular complexity index is 242. The Kier molecular flexibility index (Phi) is 4.08. The van der Waals surface area contributed by atoms with Crippen molar-refractivity contribution in [2.75, 3.05) is 13.1 Å². The SMILES string of the molecule is CCCC1(C(=O)NC(N)=O)CCCNC1. The summed E-state index contributed by atoms with van der Waals surface area (Å²) >= 11 is 0. The molecule has 5 heteroatoms. The molecule has 1 saturated heterocycles. The predicted octanol–water partition coefficient (Wildman–Crippen LogP) is 0.351. The molecule has 0 aliphatic carbocycles. The summed E-state index contributed by atoms with van der Waals surface area (Å²) in [7, 11) is 0. The Hall–Kier alpha value is -1.10. The monoisotopic (exact) mass is 213 g/mol. The van der Waals surface area contributed by atoms with Crippen molar-refractivity contribution in [1.82, 2.24) is 10.6 Å². The smallest absolute Gasteiger partial charge is 0.318 e. The number of primary amides is 1. The third-order valence-electron chi connectivity index (χ3n) is 2.92. The van der Waals surface area contributed by atoms with Gasteiger partial charge in [0.15, 0.2) is 0 Å². The fraction of sp³-hybridized carbons (Fsp3) is 0.800. The van der Waals surface area contributed by atoms with Gasteiger partial charge in [0.1, 0.15) is 0 Å². The largest absolute Gasteiger partial charge is 0.351 e. The predicted molar refractivity (Wildman–Crippen MR) is 57.2 cm³/mol. The van der Waals surface area contributed by atoms with Crippen LogP contribution in [-0.4, -0.2) is 25.0 Å². The first kappa shape index (κ1) is 12.0. The lowest BCUT2D eigenvalue weighted by Crippen LogP contribution is -2.52. The Morgan fingerprint density at radius 3 is 2.73 bits per heavy atom. The van der Waals surface area contributed by atoms with Crippen LogP contribution in [0, 0.1) is 5.41 Å². The van der Waals surface area contributed by atoms with Gasteiger partial charge in [-0.2, -0.15) is 0 Å². The van der Waals surface area contributed by atoms with E-state index in [0.29, 0.717) is 6.54 Å². The number of carbonyl (C=O) groups excluding carboxylic acids is 2. The molecule has 1 aliphatic rings. The molecule has 1 atom stereocenters. The Morgan fingerprint density at radius 2 is 2.27 bits per heavy atom. The minimum atomic E-state index is -0.763. The summed E-state index contributed by atoms with van der Waals surface area (Å²) in [5.74, 6) is -0.232. The second kappa shape index (κ2) is 5.11. The molecule has 1 unspecified atom stereocenters. The summed E-state index contributed by atoms with van der Waals surface area (Å²) < 4.78 is 0. The Balaban J connectivity index is 2.70. The molecule has 0 bridgehead atoms. The average molecular weight is 213 g/mol. The standard InChI is InChI=1S/C10H19N3O2/c1-2-4-10(5-3-6-12-7-10)8(14)13-9(11)15/h12H,2-7H2,1H3,(H3,11,13,14,15). The first-order valence-electron chi connectivity index (χ1n) is 5.42. The maximum atomic E-state index is 11.9. The summed E-state index contributed by atoms with van der Waals surface area (Å²) in [6.07, 6.45) is 3.51. The maximum Gasteiger partial charge on any atom is 0.318 e. The topological polar surface area (TPSA) is 84.2 Å². The molecule has 86 valence electrons. The number of hydrogen-bond acceptors (Lipinski definition) is 3. The molecule has 0 aromatic carbocycles. The normalized spacial score (nSPS) is 25.9. The van der Waals surface area contributed by atoms with Crippen molar-refractivity contribution >= 4 is 11.9 Å². The number of amides is 3. The van der Waals surface area contributed by atoms with Crippen LogP contribution in [0.25, 0.3) is 0 Å². The van der Waals surface area contributed by atoms with Crippen LogP contribution >= 0.6 is 0 Å². The van der Waals surface area contributed by atoms with Crippen molar-refractivity contribution in [3.05, 3.63) is 0 Å². The molecule has 1 fully saturated rings. The van der Waals surface area contributed by atoms with E-state index in [-0.39, 0.29) is 5.91 Å². The molecular formula is C10H19N3O2. The number of nitrogens with two attached hydrogens (primary N) is 1. The van der Waals surface area contributed by atoms with E-state index in [1.165, 1.54) is 0 Å². The first-order chi connectivity index (χ1) is 7.10. The van der Waals surface area contributed by atoms with Gasteiger partial charge in [0, 0.05) is 6.54 Å². The van der Waals surface area contributed by atoms with Crippen LogP contribution in [0.1, 0.15) is 32.6 Å². The zero-order valence-corrected chi connectivity index (χ0v) is 9.14. The van der Waals surface area contributed by atoms with Gasteiger partial charge in [0.05, 0.1) is 5.41 Å². The summed E-state index contributed by atoms with van der Waals surface area (Å²) in [6.45, 7) is 3.61. The second-order valence-corrected chi connectivity index (χ2v) is 4.13. The van der Waals surface area contributed by atoms with Crippen LogP contribution in [0.5, 0.6) is 0 Å². The molecule has 0 saturated carbocycles. The highest BCUT2D eigenvalue weighted by atomic mass is 16.2. The molecule has 0 aromatic rings. The fourth-order valence-electron chi connectivity index (χ4n) is 2.21. The van der Waals surface area contributed by atoms with E-state index in [1.54, 1.807) is 0 Å². The van der Waals surface area contributed by atoms with E-state index in [0.717, 1.165) is 32.2 Å². The number of carbonyl (C=O) groups is 2. The molecule has 5 nitrogen and oxygen atoms in total. The fourth-order valence-corrected chi connectivity index (χ4v) is 2.21. The van der Waals surface area contributed by atoms with Crippen LogP contribution in [0.2, 0.25) is 0 Å². The zero-order valence-electron chi connectivity index (χ0n) is 9.14. The second-order valence-electron chi connectivity index (χ2n) is 4.13. The molecule has 1 aliphatic heterocycles. The first-order valence-corrected chi connectivity index (χ1v) is 5.42. The van der Waals surface area contributed by atoms with Gasteiger partial charge in [0.2, 0.25) is 5.91 Å². The maximum absolute atomic E-state index is 11.9. The number of nitrogens with one attached hydrogen (secondary N) is 2. The summed E-state index contributed by atoms with van der Waals surface area (Å²) in [6, 6.07) is -0.763. The van der Waals surface area contributed by atoms with E-state index in [1.807, 2.05) is 6.92 Å². The van der Waals surface area contributed by atoms with Gasteiger partial charge in [-0.25, -0.2) is 4.79 Å². The van der Waals surface area contributed by atoms with Crippen molar-refractivity contribution < 1.29 is 9.59 Å². The van der Waals surface area contributed by atoms with Gasteiger partial charge in [0.25, 0.3) is 0 Å². The number of urea groups is 1. The molecule has 3 amide bonds. The van der Waals surface area contributed by atoms with Crippen LogP contribution < -0.4 is 16.4 Å². The molecule has 1 rings (SSSR count). The minimum absolute atomic E-state index is 0.232. The highest BCUT2D eigenvalue weighted by Gasteiger charge is 2.39. The third kappa shape index (κ3) is 2.92. The van der Waals surface area contributed by atoms with Crippen molar-refractivity contribution in [2.24, 2.45) is 11.1 Å². The molecule has 0 radical (unpaired) electrons. The summed E-state index contributed by atoms with van der Waals surface area (Å²) in [5.41, 5.74) is 4.52. The van der Waals surface area contributed by atoms with E-state index in [2.05, 4.69) is 10.6 Å². The Labute approximate surface area is 89.8 Å². The van der Waals surface area contributed by atoms with E-state index >= 15 is 0 Å². The number of piperidine rings is 1. The van der Waals surface area contributed by atoms with Gasteiger partial charge < -0.3 is 11.1 Å². The summed E-state index contributed by atoms with van der Waals surface area (Å²) in [4.78, 5) is 22.5. The highest BCUT2D eigenvalue weighted by molar-refractivity contribution is 5.96. The van der Waals surface area contributed by atoms with Crippen molar-refractivity contribution in [3.8, 4) is 0 Å². The quantitative estimate of drug-likeness (QED) is 0.632. The molecular weight excluding hydrogens is 194 g/mol. The van der Waals surface area contributed by atoms with Crippen molar-refractivity contribution in [1.29, 1.82) is 0 Å². The Morgan fingerprint density at radius 1 is 1.53 bits per heavy atom. The molecule has 0 aromatic heterocycles. The van der Waals surface area contributed by atoms with Gasteiger partial charge in [-0.15, -0.1) is 0 Å². The lowest BCUT2D eigenvalue weighted by atomic mass is 9.76. The molecule has 15 heavy (non-hydrogen) atoms. The van der Waals surface area contributed by atoms with Crippen molar-refractivity contribution in [2.45, 2.75) is 32.6 Å². The lowest BCUT2D eigenvalue weighted by molar-refractivity contribution is -0.131. The average Bonchev–Trinajstić information content (AvgIpc) is 2.18. The third-order valence-corrected chi connectivity index (χ3v) is 2.92. The zero-order chi connectivity index (χ0) is 11.3. The highest BCUT2D eigenvalue weighted by Crippen LogP contribution is 2.31.